The van der Waals surface area contributed by atoms with Crippen molar-refractivity contribution in [2.75, 3.05) is 31.6 Å². The van der Waals surface area contributed by atoms with E-state index in [-0.39, 0.29) is 48.8 Å². The number of unbranched alkanes of at least 4 members (excludes halogenated alkanes) is 1. The van der Waals surface area contributed by atoms with E-state index in [0.29, 0.717) is 41.3 Å². The number of sulfonamides is 1. The lowest BCUT2D eigenvalue weighted by molar-refractivity contribution is -0.131. The van der Waals surface area contributed by atoms with Crippen molar-refractivity contribution < 1.29 is 32.0 Å². The van der Waals surface area contributed by atoms with Crippen LogP contribution in [0.1, 0.15) is 62.5 Å². The van der Waals surface area contributed by atoms with Gasteiger partial charge in [0.05, 0.1) is 24.6 Å². The van der Waals surface area contributed by atoms with Crippen LogP contribution in [0.3, 0.4) is 0 Å². The number of nitrogens with zero attached hydrogens (tertiary/aromatic N) is 3. The number of amidine groups is 1. The average molecular weight is 654 g/mol. The van der Waals surface area contributed by atoms with Crippen molar-refractivity contribution >= 4 is 33.5 Å². The minimum Gasteiger partial charge on any atom is -0.377 e. The first kappa shape index (κ1) is 34.8. The van der Waals surface area contributed by atoms with E-state index >= 15 is 0 Å². The molecule has 1 aromatic heterocycles. The Hall–Kier alpha value is -4.07. The van der Waals surface area contributed by atoms with Crippen LogP contribution in [-0.2, 0) is 42.2 Å². The molecule has 0 radical (unpaired) electrons. The highest BCUT2D eigenvalue weighted by molar-refractivity contribution is 7.92. The van der Waals surface area contributed by atoms with Crippen molar-refractivity contribution in [3.05, 3.63) is 64.9 Å². The number of benzene rings is 2. The molecule has 0 fully saturated rings. The minimum absolute atomic E-state index is 0.0569. The molecule has 1 aliphatic rings. The van der Waals surface area contributed by atoms with E-state index in [9.17, 15) is 18.0 Å². The molecule has 0 saturated heterocycles. The summed E-state index contributed by atoms with van der Waals surface area (Å²) in [6.45, 7) is 10.0. The van der Waals surface area contributed by atoms with Gasteiger partial charge in [-0.1, -0.05) is 54.9 Å². The van der Waals surface area contributed by atoms with Crippen LogP contribution in [0.25, 0.3) is 11.1 Å². The second kappa shape index (κ2) is 15.0. The van der Waals surface area contributed by atoms with Crippen molar-refractivity contribution in [2.45, 2.75) is 77.5 Å². The maximum Gasteiger partial charge on any atom is 0.263 e. The highest BCUT2D eigenvalue weighted by Crippen LogP contribution is 2.34. The van der Waals surface area contributed by atoms with Crippen molar-refractivity contribution in [1.82, 2.24) is 15.4 Å². The SMILES string of the molecule is CCCCC1=N[C@@](C)(CNC(=O)COC)C(=O)N1Cc1ccc(-c2ccccc2S(=O)(=O)Nc2noc(C)c2C)c(COCC)c1. The summed E-state index contributed by atoms with van der Waals surface area (Å²) in [5.74, 6) is 0.814. The number of carbonyl (C=O) groups excluding carboxylic acids is 2. The van der Waals surface area contributed by atoms with E-state index in [1.54, 1.807) is 49.9 Å². The van der Waals surface area contributed by atoms with Gasteiger partial charge in [0.1, 0.15) is 18.2 Å². The number of amides is 2. The molecule has 12 nitrogen and oxygen atoms in total. The molecule has 1 atom stereocenters. The number of methoxy groups -OCH3 is 1. The van der Waals surface area contributed by atoms with Gasteiger partial charge in [-0.2, -0.15) is 0 Å². The quantitative estimate of drug-likeness (QED) is 0.225. The maximum atomic E-state index is 13.8. The predicted molar refractivity (Wildman–Crippen MR) is 175 cm³/mol. The lowest BCUT2D eigenvalue weighted by atomic mass is 9.97. The number of aryl methyl sites for hydroxylation is 1. The molecule has 13 heteroatoms. The zero-order valence-corrected chi connectivity index (χ0v) is 28.1. The van der Waals surface area contributed by atoms with Gasteiger partial charge in [0.15, 0.2) is 11.4 Å². The lowest BCUT2D eigenvalue weighted by Crippen LogP contribution is -2.48. The maximum absolute atomic E-state index is 13.8. The smallest absolute Gasteiger partial charge is 0.263 e. The van der Waals surface area contributed by atoms with Crippen LogP contribution in [0.2, 0.25) is 0 Å². The van der Waals surface area contributed by atoms with Gasteiger partial charge in [-0.25, -0.2) is 8.42 Å². The second-order valence-electron chi connectivity index (χ2n) is 11.4. The predicted octanol–water partition coefficient (Wildman–Crippen LogP) is 4.75. The van der Waals surface area contributed by atoms with Gasteiger partial charge in [-0.15, -0.1) is 0 Å². The molecule has 46 heavy (non-hydrogen) atoms. The molecule has 0 bridgehead atoms. The molecule has 248 valence electrons. The Labute approximate surface area is 270 Å². The van der Waals surface area contributed by atoms with Crippen molar-refractivity contribution in [3.8, 4) is 11.1 Å². The minimum atomic E-state index is -4.04. The molecule has 3 aromatic rings. The summed E-state index contributed by atoms with van der Waals surface area (Å²) in [5, 5.41) is 6.62. The van der Waals surface area contributed by atoms with Gasteiger partial charge < -0.3 is 19.3 Å². The monoisotopic (exact) mass is 653 g/mol. The molecule has 0 saturated carbocycles. The summed E-state index contributed by atoms with van der Waals surface area (Å²) >= 11 is 0. The highest BCUT2D eigenvalue weighted by Gasteiger charge is 2.44. The fourth-order valence-corrected chi connectivity index (χ4v) is 6.48. The number of ether oxygens (including phenoxy) is 2. The fraction of sp³-hybridized carbons (Fsp3) is 0.455. The molecule has 0 spiro atoms. The first-order valence-electron chi connectivity index (χ1n) is 15.3. The Balaban J connectivity index is 1.67. The van der Waals surface area contributed by atoms with Crippen LogP contribution in [0.15, 0.2) is 56.9 Å². The zero-order valence-electron chi connectivity index (χ0n) is 27.3. The van der Waals surface area contributed by atoms with Crippen LogP contribution >= 0.6 is 0 Å². The summed E-state index contributed by atoms with van der Waals surface area (Å²) in [7, 11) is -2.60. The number of hydrogen-bond acceptors (Lipinski definition) is 9. The van der Waals surface area contributed by atoms with Crippen molar-refractivity contribution in [2.24, 2.45) is 4.99 Å². The van der Waals surface area contributed by atoms with E-state index in [1.807, 2.05) is 25.1 Å². The number of hydrogen-bond donors (Lipinski definition) is 2. The summed E-state index contributed by atoms with van der Waals surface area (Å²) < 4.78 is 45.6. The molecule has 2 aromatic carbocycles. The summed E-state index contributed by atoms with van der Waals surface area (Å²) in [5.41, 5.74) is 2.25. The number of carbonyl (C=O) groups is 2. The number of anilines is 1. The van der Waals surface area contributed by atoms with Gasteiger partial charge >= 0.3 is 0 Å². The summed E-state index contributed by atoms with van der Waals surface area (Å²) in [4.78, 5) is 32.4. The van der Waals surface area contributed by atoms with Crippen LogP contribution in [0, 0.1) is 13.8 Å². The van der Waals surface area contributed by atoms with E-state index in [1.165, 1.54) is 7.11 Å². The van der Waals surface area contributed by atoms with Gasteiger partial charge in [0.2, 0.25) is 5.91 Å². The largest absolute Gasteiger partial charge is 0.377 e. The molecule has 0 aliphatic carbocycles. The molecular formula is C33H43N5O7S. The topological polar surface area (TPSA) is 152 Å². The van der Waals surface area contributed by atoms with Crippen LogP contribution in [0.4, 0.5) is 5.82 Å². The van der Waals surface area contributed by atoms with Gasteiger partial charge in [0.25, 0.3) is 15.9 Å². The van der Waals surface area contributed by atoms with Crippen molar-refractivity contribution in [1.29, 1.82) is 0 Å². The third kappa shape index (κ3) is 7.83. The molecule has 2 N–H and O–H groups in total. The lowest BCUT2D eigenvalue weighted by Gasteiger charge is -2.24. The Kier molecular flexibility index (Phi) is 11.4. The third-order valence-electron chi connectivity index (χ3n) is 7.88. The summed E-state index contributed by atoms with van der Waals surface area (Å²) in [6.07, 6.45) is 2.41. The van der Waals surface area contributed by atoms with Gasteiger partial charge in [-0.05, 0) is 56.9 Å². The van der Waals surface area contributed by atoms with Crippen LogP contribution in [0.5, 0.6) is 0 Å². The average Bonchev–Trinajstić information content (AvgIpc) is 3.47. The molecule has 2 amide bonds. The van der Waals surface area contributed by atoms with E-state index < -0.39 is 15.6 Å². The first-order chi connectivity index (χ1) is 21.9. The first-order valence-corrected chi connectivity index (χ1v) is 16.8. The molecule has 1 aliphatic heterocycles. The fourth-order valence-electron chi connectivity index (χ4n) is 5.20. The van der Waals surface area contributed by atoms with E-state index in [0.717, 1.165) is 24.0 Å². The molecule has 2 heterocycles. The Morgan fingerprint density at radius 2 is 1.87 bits per heavy atom. The molecule has 4 rings (SSSR count). The van der Waals surface area contributed by atoms with Crippen LogP contribution in [-0.4, -0.2) is 68.5 Å². The second-order valence-corrected chi connectivity index (χ2v) is 13.1. The van der Waals surface area contributed by atoms with E-state index in [4.69, 9.17) is 19.0 Å². The molecular weight excluding hydrogens is 610 g/mol. The Bertz CT molecular complexity index is 1700. The number of rotatable bonds is 16. The Morgan fingerprint density at radius 3 is 2.54 bits per heavy atom. The number of aromatic nitrogens is 1. The zero-order chi connectivity index (χ0) is 33.5. The third-order valence-corrected chi connectivity index (χ3v) is 9.28. The standard InChI is InChI=1S/C33H43N5O7S/c1-7-9-14-29-35-33(5,21-34-30(39)20-43-6)32(40)38(29)18-24-15-16-26(25(17-24)19-44-8-2)27-12-10-11-13-28(27)46(41,42)37-31-22(3)23(4)45-36-31/h10-13,15-17H,7-9,14,18-21H2,1-6H3,(H,34,39)(H,36,37)/t33-/m0/s1. The van der Waals surface area contributed by atoms with Crippen molar-refractivity contribution in [3.63, 3.8) is 0 Å². The Morgan fingerprint density at radius 1 is 1.11 bits per heavy atom. The molecule has 0 unspecified atom stereocenters. The number of nitrogens with one attached hydrogen (secondary N) is 2. The number of aliphatic imine (C=N–C) groups is 1. The van der Waals surface area contributed by atoms with Crippen LogP contribution < -0.4 is 10.0 Å². The normalized spacial score (nSPS) is 16.5. The van der Waals surface area contributed by atoms with E-state index in [2.05, 4.69) is 22.1 Å². The van der Waals surface area contributed by atoms with Gasteiger partial charge in [-0.3, -0.25) is 24.2 Å². The summed E-state index contributed by atoms with van der Waals surface area (Å²) in [6, 6.07) is 12.4. The highest BCUT2D eigenvalue weighted by atomic mass is 32.2. The van der Waals surface area contributed by atoms with Gasteiger partial charge in [0, 0.05) is 31.3 Å².